The number of fused-ring (bicyclic) bond motifs is 1. The molecular weight excluding hydrogens is 309 g/mol. The number of benzene rings is 2. The van der Waals surface area contributed by atoms with E-state index < -0.39 is 0 Å². The first kappa shape index (κ1) is 15.9. The first-order chi connectivity index (χ1) is 11.7. The van der Waals surface area contributed by atoms with Crippen molar-refractivity contribution in [2.45, 2.75) is 13.5 Å². The third kappa shape index (κ3) is 3.32. The molecule has 5 nitrogen and oxygen atoms in total. The van der Waals surface area contributed by atoms with Gasteiger partial charge in [-0.05, 0) is 36.8 Å². The molecule has 1 heterocycles. The summed E-state index contributed by atoms with van der Waals surface area (Å²) in [5.74, 6) is -0.153. The smallest absolute Gasteiger partial charge is 0.338 e. The van der Waals surface area contributed by atoms with Gasteiger partial charge in [0.1, 0.15) is 23.5 Å². The zero-order valence-corrected chi connectivity index (χ0v) is 13.1. The molecule has 0 aliphatic heterocycles. The minimum Gasteiger partial charge on any atom is -0.462 e. The molecule has 2 aromatic carbocycles. The van der Waals surface area contributed by atoms with Gasteiger partial charge in [-0.25, -0.2) is 19.2 Å². The molecule has 122 valence electrons. The van der Waals surface area contributed by atoms with Crippen molar-refractivity contribution in [3.63, 3.8) is 0 Å². The predicted octanol–water partition coefficient (Wildman–Crippen LogP) is 3.56. The molecule has 3 rings (SSSR count). The Morgan fingerprint density at radius 2 is 1.96 bits per heavy atom. The minimum atomic E-state index is -0.378. The van der Waals surface area contributed by atoms with Crippen LogP contribution in [0.25, 0.3) is 10.9 Å². The molecule has 0 fully saturated rings. The van der Waals surface area contributed by atoms with Crippen molar-refractivity contribution in [1.82, 2.24) is 9.97 Å². The minimum absolute atomic E-state index is 0.285. The fraction of sp³-hybridized carbons (Fsp3) is 0.167. The first-order valence-corrected chi connectivity index (χ1v) is 7.58. The summed E-state index contributed by atoms with van der Waals surface area (Å²) in [4.78, 5) is 19.8. The summed E-state index contributed by atoms with van der Waals surface area (Å²) < 4.78 is 18.7. The monoisotopic (exact) mass is 325 g/mol. The van der Waals surface area contributed by atoms with E-state index in [1.807, 2.05) is 12.1 Å². The molecule has 24 heavy (non-hydrogen) atoms. The van der Waals surface area contributed by atoms with E-state index in [0.717, 1.165) is 5.56 Å². The number of carbonyl (C=O) groups is 1. The summed E-state index contributed by atoms with van der Waals surface area (Å²) in [5, 5.41) is 3.80. The van der Waals surface area contributed by atoms with Gasteiger partial charge in [0.2, 0.25) is 0 Å². The zero-order chi connectivity index (χ0) is 16.9. The highest BCUT2D eigenvalue weighted by atomic mass is 19.1. The van der Waals surface area contributed by atoms with Gasteiger partial charge in [-0.2, -0.15) is 0 Å². The van der Waals surface area contributed by atoms with Crippen molar-refractivity contribution >= 4 is 22.7 Å². The number of rotatable bonds is 5. The summed E-state index contributed by atoms with van der Waals surface area (Å²) in [5.41, 5.74) is 1.76. The molecule has 0 spiro atoms. The summed E-state index contributed by atoms with van der Waals surface area (Å²) in [7, 11) is 0. The van der Waals surface area contributed by atoms with E-state index in [1.54, 1.807) is 31.2 Å². The summed E-state index contributed by atoms with van der Waals surface area (Å²) >= 11 is 0. The van der Waals surface area contributed by atoms with Crippen LogP contribution in [0.5, 0.6) is 0 Å². The maximum Gasteiger partial charge on any atom is 0.338 e. The van der Waals surface area contributed by atoms with Gasteiger partial charge >= 0.3 is 5.97 Å². The second-order valence-corrected chi connectivity index (χ2v) is 5.13. The van der Waals surface area contributed by atoms with Crippen molar-refractivity contribution in [1.29, 1.82) is 0 Å². The number of halogens is 1. The molecule has 1 N–H and O–H groups in total. The topological polar surface area (TPSA) is 64.1 Å². The van der Waals surface area contributed by atoms with Crippen molar-refractivity contribution in [2.24, 2.45) is 0 Å². The maximum absolute atomic E-state index is 13.8. The number of nitrogens with one attached hydrogen (secondary N) is 1. The lowest BCUT2D eigenvalue weighted by molar-refractivity contribution is 0.0526. The lowest BCUT2D eigenvalue weighted by Crippen LogP contribution is -2.06. The van der Waals surface area contributed by atoms with Crippen molar-refractivity contribution in [3.8, 4) is 0 Å². The van der Waals surface area contributed by atoms with E-state index in [-0.39, 0.29) is 17.3 Å². The number of hydrogen-bond acceptors (Lipinski definition) is 5. The highest BCUT2D eigenvalue weighted by molar-refractivity contribution is 5.90. The summed E-state index contributed by atoms with van der Waals surface area (Å²) in [6.07, 6.45) is 1.33. The lowest BCUT2D eigenvalue weighted by Gasteiger charge is -2.09. The van der Waals surface area contributed by atoms with Gasteiger partial charge in [0.25, 0.3) is 0 Å². The van der Waals surface area contributed by atoms with Crippen LogP contribution in [0.15, 0.2) is 48.8 Å². The van der Waals surface area contributed by atoms with Crippen LogP contribution in [0, 0.1) is 5.82 Å². The van der Waals surface area contributed by atoms with E-state index in [9.17, 15) is 9.18 Å². The Labute approximate surface area is 138 Å². The fourth-order valence-electron chi connectivity index (χ4n) is 2.35. The average molecular weight is 325 g/mol. The van der Waals surface area contributed by atoms with Crippen molar-refractivity contribution in [2.75, 3.05) is 11.9 Å². The van der Waals surface area contributed by atoms with Crippen LogP contribution in [0.3, 0.4) is 0 Å². The molecule has 0 bridgehead atoms. The van der Waals surface area contributed by atoms with Crippen LogP contribution in [0.1, 0.15) is 22.8 Å². The standard InChI is InChI=1S/C18H16FN3O2/c1-2-24-18(23)13-8-6-12(7-9-13)10-20-17-14-4-3-5-15(19)16(14)21-11-22-17/h3-9,11H,2,10H2,1H3,(H,20,21,22). The normalized spacial score (nSPS) is 10.6. The zero-order valence-electron chi connectivity index (χ0n) is 13.1. The Balaban J connectivity index is 1.74. The van der Waals surface area contributed by atoms with Gasteiger partial charge in [-0.3, -0.25) is 0 Å². The molecule has 0 saturated heterocycles. The van der Waals surface area contributed by atoms with Gasteiger partial charge in [0, 0.05) is 11.9 Å². The van der Waals surface area contributed by atoms with Gasteiger partial charge in [-0.15, -0.1) is 0 Å². The SMILES string of the molecule is CCOC(=O)c1ccc(CNc2ncnc3c(F)cccc23)cc1. The molecule has 0 aliphatic rings. The van der Waals surface area contributed by atoms with E-state index in [0.29, 0.717) is 29.9 Å². The Hall–Kier alpha value is -3.02. The maximum atomic E-state index is 13.8. The second-order valence-electron chi connectivity index (χ2n) is 5.13. The quantitative estimate of drug-likeness (QED) is 0.727. The van der Waals surface area contributed by atoms with Crippen molar-refractivity contribution < 1.29 is 13.9 Å². The van der Waals surface area contributed by atoms with Crippen LogP contribution < -0.4 is 5.32 Å². The largest absolute Gasteiger partial charge is 0.462 e. The van der Waals surface area contributed by atoms with Crippen LogP contribution in [-0.4, -0.2) is 22.5 Å². The predicted molar refractivity (Wildman–Crippen MR) is 89.2 cm³/mol. The Kier molecular flexibility index (Phi) is 4.65. The third-order valence-electron chi connectivity index (χ3n) is 3.54. The Bertz CT molecular complexity index is 866. The molecule has 0 atom stereocenters. The molecule has 0 unspecified atom stereocenters. The van der Waals surface area contributed by atoms with E-state index in [1.165, 1.54) is 12.4 Å². The summed E-state index contributed by atoms with van der Waals surface area (Å²) in [6, 6.07) is 11.9. The summed E-state index contributed by atoms with van der Waals surface area (Å²) in [6.45, 7) is 2.61. The van der Waals surface area contributed by atoms with Crippen LogP contribution in [0.2, 0.25) is 0 Å². The molecule has 0 saturated carbocycles. The highest BCUT2D eigenvalue weighted by Crippen LogP contribution is 2.21. The number of nitrogens with zero attached hydrogens (tertiary/aromatic N) is 2. The Morgan fingerprint density at radius 1 is 1.17 bits per heavy atom. The number of aromatic nitrogens is 2. The highest BCUT2D eigenvalue weighted by Gasteiger charge is 2.08. The lowest BCUT2D eigenvalue weighted by atomic mass is 10.1. The van der Waals surface area contributed by atoms with Crippen LogP contribution in [-0.2, 0) is 11.3 Å². The molecule has 0 amide bonds. The molecule has 3 aromatic rings. The first-order valence-electron chi connectivity index (χ1n) is 7.58. The molecule has 0 radical (unpaired) electrons. The van der Waals surface area contributed by atoms with Gasteiger partial charge in [0.15, 0.2) is 0 Å². The van der Waals surface area contributed by atoms with Gasteiger partial charge in [-0.1, -0.05) is 18.2 Å². The number of ether oxygens (including phenoxy) is 1. The molecular formula is C18H16FN3O2. The Morgan fingerprint density at radius 3 is 2.71 bits per heavy atom. The van der Waals surface area contributed by atoms with E-state index >= 15 is 0 Å². The van der Waals surface area contributed by atoms with Crippen LogP contribution >= 0.6 is 0 Å². The molecule has 0 aliphatic carbocycles. The average Bonchev–Trinajstić information content (AvgIpc) is 2.61. The number of hydrogen-bond donors (Lipinski definition) is 1. The number of para-hydroxylation sites is 1. The third-order valence-corrected chi connectivity index (χ3v) is 3.54. The number of anilines is 1. The van der Waals surface area contributed by atoms with E-state index in [4.69, 9.17) is 4.74 Å². The van der Waals surface area contributed by atoms with E-state index in [2.05, 4.69) is 15.3 Å². The molecule has 6 heteroatoms. The van der Waals surface area contributed by atoms with Crippen molar-refractivity contribution in [3.05, 3.63) is 65.7 Å². The number of carbonyl (C=O) groups excluding carboxylic acids is 1. The van der Waals surface area contributed by atoms with Gasteiger partial charge < -0.3 is 10.1 Å². The van der Waals surface area contributed by atoms with Crippen LogP contribution in [0.4, 0.5) is 10.2 Å². The molecule has 1 aromatic heterocycles. The number of esters is 1. The van der Waals surface area contributed by atoms with Gasteiger partial charge in [0.05, 0.1) is 12.2 Å². The fourth-order valence-corrected chi connectivity index (χ4v) is 2.35. The second kappa shape index (κ2) is 7.04.